The van der Waals surface area contributed by atoms with Crippen LogP contribution in [0.1, 0.15) is 34.7 Å². The van der Waals surface area contributed by atoms with Gasteiger partial charge in [0.15, 0.2) is 0 Å². The molecule has 0 aliphatic carbocycles. The maximum atomic E-state index is 12.7. The van der Waals surface area contributed by atoms with Gasteiger partial charge in [-0.15, -0.1) is 0 Å². The molecule has 1 unspecified atom stereocenters. The summed E-state index contributed by atoms with van der Waals surface area (Å²) in [4.78, 5) is 24.6. The zero-order chi connectivity index (χ0) is 21.7. The number of aromatic amines is 2. The number of amides is 1. The van der Waals surface area contributed by atoms with E-state index in [0.29, 0.717) is 34.7 Å². The third-order valence-corrected chi connectivity index (χ3v) is 5.01. The highest BCUT2D eigenvalue weighted by Gasteiger charge is 2.27. The Morgan fingerprint density at radius 1 is 0.967 bits per heavy atom. The van der Waals surface area contributed by atoms with Gasteiger partial charge in [-0.25, -0.2) is 0 Å². The first-order valence-corrected chi connectivity index (χ1v) is 9.39. The number of carbonyl (C=O) groups is 1. The molecular weight excluding hydrogens is 386 g/mol. The molecule has 2 aromatic carbocycles. The van der Waals surface area contributed by atoms with Crippen molar-refractivity contribution in [1.29, 1.82) is 0 Å². The molecule has 158 valence electrons. The maximum Gasteiger partial charge on any atom is 0.267 e. The molecule has 0 radical (unpaired) electrons. The minimum Gasteiger partial charge on any atom is -0.497 e. The minimum atomic E-state index is -0.577. The monoisotopic (exact) mass is 411 g/mol. The molecule has 3 rings (SSSR count). The Labute approximate surface area is 174 Å². The number of rotatable bonds is 9. The van der Waals surface area contributed by atoms with Crippen molar-refractivity contribution in [2.75, 3.05) is 21.3 Å². The molecule has 0 aliphatic rings. The van der Waals surface area contributed by atoms with Crippen LogP contribution in [-0.2, 0) is 11.2 Å². The van der Waals surface area contributed by atoms with Crippen LogP contribution in [0.25, 0.3) is 0 Å². The zero-order valence-electron chi connectivity index (χ0n) is 17.2. The van der Waals surface area contributed by atoms with Crippen molar-refractivity contribution in [3.63, 3.8) is 0 Å². The molecule has 0 spiro atoms. The average molecular weight is 411 g/mol. The second-order valence-corrected chi connectivity index (χ2v) is 6.83. The van der Waals surface area contributed by atoms with Crippen molar-refractivity contribution in [3.8, 4) is 17.2 Å². The van der Waals surface area contributed by atoms with E-state index >= 15 is 0 Å². The second kappa shape index (κ2) is 9.21. The van der Waals surface area contributed by atoms with Crippen LogP contribution in [0.4, 0.5) is 0 Å². The van der Waals surface area contributed by atoms with Gasteiger partial charge in [0.25, 0.3) is 5.56 Å². The molecule has 4 N–H and O–H groups in total. The molecule has 1 atom stereocenters. The molecule has 0 saturated heterocycles. The van der Waals surface area contributed by atoms with E-state index in [-0.39, 0.29) is 12.0 Å². The Hall–Kier alpha value is -3.68. The predicted octanol–water partition coefficient (Wildman–Crippen LogP) is 2.33. The van der Waals surface area contributed by atoms with E-state index in [9.17, 15) is 9.59 Å². The molecular formula is C22H25N3O5. The Morgan fingerprint density at radius 2 is 1.63 bits per heavy atom. The third-order valence-electron chi connectivity index (χ3n) is 5.01. The van der Waals surface area contributed by atoms with E-state index in [0.717, 1.165) is 11.3 Å². The van der Waals surface area contributed by atoms with Gasteiger partial charge in [-0.1, -0.05) is 18.2 Å². The minimum absolute atomic E-state index is 0.0424. The van der Waals surface area contributed by atoms with Crippen LogP contribution in [0.3, 0.4) is 0 Å². The van der Waals surface area contributed by atoms with Gasteiger partial charge in [-0.3, -0.25) is 14.7 Å². The molecule has 1 heterocycles. The van der Waals surface area contributed by atoms with Gasteiger partial charge >= 0.3 is 0 Å². The molecule has 3 aromatic rings. The summed E-state index contributed by atoms with van der Waals surface area (Å²) >= 11 is 0. The van der Waals surface area contributed by atoms with Crippen molar-refractivity contribution in [2.24, 2.45) is 5.73 Å². The van der Waals surface area contributed by atoms with E-state index in [4.69, 9.17) is 19.9 Å². The van der Waals surface area contributed by atoms with Crippen LogP contribution >= 0.6 is 0 Å². The summed E-state index contributed by atoms with van der Waals surface area (Å²) in [5, 5.41) is 5.59. The van der Waals surface area contributed by atoms with E-state index in [2.05, 4.69) is 10.2 Å². The zero-order valence-corrected chi connectivity index (χ0v) is 17.2. The fourth-order valence-electron chi connectivity index (χ4n) is 3.53. The van der Waals surface area contributed by atoms with Crippen LogP contribution in [0, 0.1) is 0 Å². The summed E-state index contributed by atoms with van der Waals surface area (Å²) in [5.41, 5.74) is 8.01. The summed E-state index contributed by atoms with van der Waals surface area (Å²) in [6, 6.07) is 12.8. The number of nitrogens with two attached hydrogens (primary N) is 1. The number of primary amides is 1. The summed E-state index contributed by atoms with van der Waals surface area (Å²) in [7, 11) is 4.69. The molecule has 0 aliphatic heterocycles. The number of carbonyl (C=O) groups excluding carboxylic acids is 1. The lowest BCUT2D eigenvalue weighted by atomic mass is 9.86. The number of H-pyrrole nitrogens is 2. The summed E-state index contributed by atoms with van der Waals surface area (Å²) in [6.07, 6.45) is 0.422. The first-order chi connectivity index (χ1) is 14.5. The molecule has 0 bridgehead atoms. The Morgan fingerprint density at radius 3 is 2.23 bits per heavy atom. The summed E-state index contributed by atoms with van der Waals surface area (Å²) in [5.74, 6) is 0.767. The number of benzene rings is 2. The SMILES string of the molecule is COc1ccc(Cc2[nH][nH]c(=O)c2C(CC(N)=O)c2ccc(OC)cc2OC)cc1. The highest BCUT2D eigenvalue weighted by Crippen LogP contribution is 2.36. The van der Waals surface area contributed by atoms with Gasteiger partial charge in [0.1, 0.15) is 17.2 Å². The van der Waals surface area contributed by atoms with Crippen LogP contribution < -0.4 is 25.5 Å². The van der Waals surface area contributed by atoms with Crippen molar-refractivity contribution in [2.45, 2.75) is 18.8 Å². The van der Waals surface area contributed by atoms with Crippen LogP contribution in [0.2, 0.25) is 0 Å². The standard InChI is InChI=1S/C22H25N3O5/c1-28-14-6-4-13(5-7-14)10-18-21(22(27)25-24-18)17(12-20(23)26)16-9-8-15(29-2)11-19(16)30-3/h4-9,11,17H,10,12H2,1-3H3,(H2,23,26)(H2,24,25,27). The molecule has 8 nitrogen and oxygen atoms in total. The molecule has 0 saturated carbocycles. The quantitative estimate of drug-likeness (QED) is 0.499. The topological polar surface area (TPSA) is 119 Å². The maximum absolute atomic E-state index is 12.7. The number of ether oxygens (including phenoxy) is 3. The van der Waals surface area contributed by atoms with Crippen molar-refractivity contribution in [1.82, 2.24) is 10.2 Å². The van der Waals surface area contributed by atoms with Gasteiger partial charge in [0.05, 0.1) is 21.3 Å². The molecule has 8 heteroatoms. The molecule has 1 aromatic heterocycles. The van der Waals surface area contributed by atoms with E-state index in [1.807, 2.05) is 24.3 Å². The van der Waals surface area contributed by atoms with Gasteiger partial charge in [-0.2, -0.15) is 0 Å². The van der Waals surface area contributed by atoms with Crippen LogP contribution in [-0.4, -0.2) is 37.4 Å². The first-order valence-electron chi connectivity index (χ1n) is 9.39. The normalized spacial score (nSPS) is 11.7. The van der Waals surface area contributed by atoms with Crippen molar-refractivity contribution < 1.29 is 19.0 Å². The highest BCUT2D eigenvalue weighted by atomic mass is 16.5. The summed E-state index contributed by atoms with van der Waals surface area (Å²) in [6.45, 7) is 0. The molecule has 30 heavy (non-hydrogen) atoms. The lowest BCUT2D eigenvalue weighted by Crippen LogP contribution is -2.21. The third kappa shape index (κ3) is 4.48. The Kier molecular flexibility index (Phi) is 6.46. The average Bonchev–Trinajstić information content (AvgIpc) is 3.11. The van der Waals surface area contributed by atoms with Crippen LogP contribution in [0.15, 0.2) is 47.3 Å². The number of methoxy groups -OCH3 is 3. The lowest BCUT2D eigenvalue weighted by molar-refractivity contribution is -0.118. The Balaban J connectivity index is 2.06. The van der Waals surface area contributed by atoms with Crippen LogP contribution in [0.5, 0.6) is 17.2 Å². The van der Waals surface area contributed by atoms with Gasteiger partial charge in [0, 0.05) is 41.6 Å². The van der Waals surface area contributed by atoms with E-state index in [1.54, 1.807) is 32.4 Å². The number of hydrogen-bond acceptors (Lipinski definition) is 5. The highest BCUT2D eigenvalue weighted by molar-refractivity contribution is 5.76. The molecule has 1 amide bonds. The Bertz CT molecular complexity index is 1070. The van der Waals surface area contributed by atoms with E-state index < -0.39 is 11.8 Å². The van der Waals surface area contributed by atoms with Crippen molar-refractivity contribution >= 4 is 5.91 Å². The first kappa shape index (κ1) is 21.0. The lowest BCUT2D eigenvalue weighted by Gasteiger charge is -2.19. The fraction of sp³-hybridized carbons (Fsp3) is 0.273. The summed E-state index contributed by atoms with van der Waals surface area (Å²) < 4.78 is 15.9. The van der Waals surface area contributed by atoms with Gasteiger partial charge in [0.2, 0.25) is 5.91 Å². The van der Waals surface area contributed by atoms with Crippen molar-refractivity contribution in [3.05, 3.63) is 75.2 Å². The van der Waals surface area contributed by atoms with E-state index in [1.165, 1.54) is 7.11 Å². The number of hydrogen-bond donors (Lipinski definition) is 3. The smallest absolute Gasteiger partial charge is 0.267 e. The molecule has 0 fully saturated rings. The number of nitrogens with one attached hydrogen (secondary N) is 2. The second-order valence-electron chi connectivity index (χ2n) is 6.83. The largest absolute Gasteiger partial charge is 0.497 e. The number of aromatic nitrogens is 2. The predicted molar refractivity (Wildman–Crippen MR) is 112 cm³/mol. The van der Waals surface area contributed by atoms with Gasteiger partial charge < -0.3 is 25.0 Å². The van der Waals surface area contributed by atoms with Gasteiger partial charge in [-0.05, 0) is 23.8 Å². The fourth-order valence-corrected chi connectivity index (χ4v) is 3.53.